The third-order valence-corrected chi connectivity index (χ3v) is 6.29. The van der Waals surface area contributed by atoms with Crippen LogP contribution in [0.15, 0.2) is 48.0 Å². The number of allylic oxidation sites excluding steroid dienone is 1. The summed E-state index contributed by atoms with van der Waals surface area (Å²) >= 11 is 0. The van der Waals surface area contributed by atoms with Crippen LogP contribution in [0, 0.1) is 0 Å². The monoisotopic (exact) mass is 290 g/mol. The highest BCUT2D eigenvalue weighted by atomic mass is 28.2. The first-order chi connectivity index (χ1) is 10.2. The van der Waals surface area contributed by atoms with Crippen LogP contribution in [0.2, 0.25) is 0 Å². The summed E-state index contributed by atoms with van der Waals surface area (Å²) in [4.78, 5) is 0. The van der Waals surface area contributed by atoms with Gasteiger partial charge >= 0.3 is 0 Å². The molecule has 0 heterocycles. The molecule has 1 atom stereocenters. The van der Waals surface area contributed by atoms with Crippen molar-refractivity contribution in [2.45, 2.75) is 39.2 Å². The summed E-state index contributed by atoms with van der Waals surface area (Å²) in [6.45, 7) is 6.83. The molecular formula is C20H22Si. The first-order valence-electron chi connectivity index (χ1n) is 7.89. The van der Waals surface area contributed by atoms with E-state index in [1.807, 2.05) is 0 Å². The van der Waals surface area contributed by atoms with Crippen LogP contribution in [0.1, 0.15) is 48.6 Å². The maximum atomic E-state index is 2.36. The molecule has 2 aromatic rings. The minimum Gasteiger partial charge on any atom is -0.0680 e. The third kappa shape index (κ3) is 2.63. The van der Waals surface area contributed by atoms with Crippen molar-refractivity contribution in [1.29, 1.82) is 0 Å². The maximum absolute atomic E-state index is 2.36. The molecule has 0 amide bonds. The molecule has 0 N–H and O–H groups in total. The lowest BCUT2D eigenvalue weighted by atomic mass is 10.0. The van der Waals surface area contributed by atoms with E-state index < -0.39 is 0 Å². The van der Waals surface area contributed by atoms with Gasteiger partial charge in [0.25, 0.3) is 0 Å². The lowest BCUT2D eigenvalue weighted by Gasteiger charge is -2.18. The number of hydrogen-bond donors (Lipinski definition) is 0. The Morgan fingerprint density at radius 3 is 2.52 bits per heavy atom. The molecule has 1 aliphatic carbocycles. The molecule has 0 aliphatic heterocycles. The van der Waals surface area contributed by atoms with Crippen LogP contribution in [-0.2, 0) is 12.8 Å². The van der Waals surface area contributed by atoms with E-state index in [2.05, 4.69) is 69.3 Å². The predicted molar refractivity (Wildman–Crippen MR) is 93.4 cm³/mol. The van der Waals surface area contributed by atoms with Crippen molar-refractivity contribution >= 4 is 20.8 Å². The van der Waals surface area contributed by atoms with Gasteiger partial charge in [-0.1, -0.05) is 73.1 Å². The summed E-state index contributed by atoms with van der Waals surface area (Å²) in [6.07, 6.45) is 4.64. The van der Waals surface area contributed by atoms with Gasteiger partial charge in [-0.05, 0) is 42.0 Å². The highest BCUT2D eigenvalue weighted by molar-refractivity contribution is 6.57. The van der Waals surface area contributed by atoms with Gasteiger partial charge in [-0.25, -0.2) is 0 Å². The Hall–Kier alpha value is -1.60. The number of rotatable bonds is 4. The second kappa shape index (κ2) is 6.03. The van der Waals surface area contributed by atoms with Crippen LogP contribution in [-0.4, -0.2) is 9.52 Å². The van der Waals surface area contributed by atoms with Crippen molar-refractivity contribution in [3.8, 4) is 0 Å². The summed E-state index contributed by atoms with van der Waals surface area (Å²) in [7, 11) is 0.842. The van der Waals surface area contributed by atoms with Gasteiger partial charge in [0, 0.05) is 5.54 Å². The zero-order valence-electron chi connectivity index (χ0n) is 13.1. The summed E-state index contributed by atoms with van der Waals surface area (Å²) in [5.41, 5.74) is 8.12. The van der Waals surface area contributed by atoms with Crippen LogP contribution < -0.4 is 5.19 Å². The van der Waals surface area contributed by atoms with Crippen molar-refractivity contribution in [1.82, 2.24) is 0 Å². The van der Waals surface area contributed by atoms with Crippen LogP contribution in [0.5, 0.6) is 0 Å². The van der Waals surface area contributed by atoms with Gasteiger partial charge in [0.2, 0.25) is 0 Å². The van der Waals surface area contributed by atoms with E-state index in [1.165, 1.54) is 22.3 Å². The molecule has 3 rings (SSSR count). The largest absolute Gasteiger partial charge is 0.0948 e. The molecule has 2 radical (unpaired) electrons. The second-order valence-corrected chi connectivity index (χ2v) is 7.15. The Morgan fingerprint density at radius 1 is 0.952 bits per heavy atom. The molecular weight excluding hydrogens is 268 g/mol. The fourth-order valence-electron chi connectivity index (χ4n) is 3.34. The van der Waals surface area contributed by atoms with Crippen molar-refractivity contribution < 1.29 is 0 Å². The molecule has 2 aromatic carbocycles. The Bertz CT molecular complexity index is 682. The zero-order valence-corrected chi connectivity index (χ0v) is 14.1. The molecule has 1 heteroatoms. The summed E-state index contributed by atoms with van der Waals surface area (Å²) in [5, 5.41) is 1.56. The molecule has 1 unspecified atom stereocenters. The fraction of sp³-hybridized carbons (Fsp3) is 0.300. The number of aryl methyl sites for hydroxylation is 1. The number of benzene rings is 2. The molecule has 106 valence electrons. The normalized spacial score (nSPS) is 16.7. The molecule has 0 bridgehead atoms. The van der Waals surface area contributed by atoms with Gasteiger partial charge < -0.3 is 0 Å². The van der Waals surface area contributed by atoms with Gasteiger partial charge in [0.1, 0.15) is 0 Å². The molecule has 0 aromatic heterocycles. The van der Waals surface area contributed by atoms with Crippen LogP contribution >= 0.6 is 0 Å². The lowest BCUT2D eigenvalue weighted by molar-refractivity contribution is 1.04. The average Bonchev–Trinajstić information content (AvgIpc) is 2.83. The van der Waals surface area contributed by atoms with Crippen molar-refractivity contribution in [2.24, 2.45) is 0 Å². The Balaban J connectivity index is 1.97. The number of fused-ring (bicyclic) bond motifs is 1. The highest BCUT2D eigenvalue weighted by Gasteiger charge is 2.24. The van der Waals surface area contributed by atoms with Gasteiger partial charge in [-0.15, -0.1) is 0 Å². The Labute approximate surface area is 130 Å². The summed E-state index contributed by atoms with van der Waals surface area (Å²) < 4.78 is 0. The molecule has 0 nitrogen and oxygen atoms in total. The molecule has 0 saturated heterocycles. The zero-order chi connectivity index (χ0) is 14.8. The topological polar surface area (TPSA) is 0 Å². The first kappa shape index (κ1) is 14.3. The smallest absolute Gasteiger partial charge is 0.0680 e. The SMILES string of the molecule is CCc1cccc([Si]C2C(C)=Cc3ccccc32)c1CC. The Kier molecular flexibility index (Phi) is 4.11. The van der Waals surface area contributed by atoms with E-state index in [-0.39, 0.29) is 0 Å². The van der Waals surface area contributed by atoms with Gasteiger partial charge in [0.15, 0.2) is 0 Å². The molecule has 21 heavy (non-hydrogen) atoms. The standard InChI is InChI=1S/C20H22Si/c1-4-15-10-8-12-19(17(15)5-2)21-20-14(3)13-16-9-6-7-11-18(16)20/h6-13,20H,4-5H2,1-3H3. The van der Waals surface area contributed by atoms with Gasteiger partial charge in [-0.3, -0.25) is 0 Å². The van der Waals surface area contributed by atoms with E-state index in [1.54, 1.807) is 10.8 Å². The second-order valence-electron chi connectivity index (χ2n) is 5.74. The molecule has 0 fully saturated rings. The van der Waals surface area contributed by atoms with Crippen LogP contribution in [0.25, 0.3) is 6.08 Å². The van der Waals surface area contributed by atoms with Crippen LogP contribution in [0.4, 0.5) is 0 Å². The van der Waals surface area contributed by atoms with E-state index in [9.17, 15) is 0 Å². The van der Waals surface area contributed by atoms with E-state index in [0.717, 1.165) is 22.4 Å². The summed E-state index contributed by atoms with van der Waals surface area (Å²) in [5.74, 6) is 0. The maximum Gasteiger partial charge on any atom is 0.0948 e. The van der Waals surface area contributed by atoms with E-state index in [4.69, 9.17) is 0 Å². The minimum absolute atomic E-state index is 0.582. The third-order valence-electron chi connectivity index (χ3n) is 4.45. The van der Waals surface area contributed by atoms with E-state index >= 15 is 0 Å². The van der Waals surface area contributed by atoms with Gasteiger partial charge in [0.05, 0.1) is 9.52 Å². The molecule has 0 saturated carbocycles. The minimum atomic E-state index is 0.582. The predicted octanol–water partition coefficient (Wildman–Crippen LogP) is 4.30. The fourth-order valence-corrected chi connectivity index (χ4v) is 5.09. The average molecular weight is 290 g/mol. The lowest BCUT2D eigenvalue weighted by Crippen LogP contribution is -2.26. The highest BCUT2D eigenvalue weighted by Crippen LogP contribution is 2.34. The van der Waals surface area contributed by atoms with E-state index in [0.29, 0.717) is 5.54 Å². The Morgan fingerprint density at radius 2 is 1.76 bits per heavy atom. The molecule has 0 spiro atoms. The van der Waals surface area contributed by atoms with Crippen molar-refractivity contribution in [2.75, 3.05) is 0 Å². The van der Waals surface area contributed by atoms with Gasteiger partial charge in [-0.2, -0.15) is 0 Å². The van der Waals surface area contributed by atoms with Crippen molar-refractivity contribution in [3.63, 3.8) is 0 Å². The summed E-state index contributed by atoms with van der Waals surface area (Å²) in [6, 6.07) is 15.7. The quantitative estimate of drug-likeness (QED) is 0.737. The number of hydrogen-bond acceptors (Lipinski definition) is 0. The molecule has 1 aliphatic rings. The van der Waals surface area contributed by atoms with Crippen LogP contribution in [0.3, 0.4) is 0 Å². The first-order valence-corrected chi connectivity index (χ1v) is 8.96. The van der Waals surface area contributed by atoms with Crippen molar-refractivity contribution in [3.05, 3.63) is 70.3 Å².